The van der Waals surface area contributed by atoms with E-state index in [1.807, 2.05) is 67.3 Å². The van der Waals surface area contributed by atoms with Gasteiger partial charge in [0.1, 0.15) is 5.69 Å². The molecule has 2 heterocycles. The highest BCUT2D eigenvalue weighted by atomic mass is 16.2. The van der Waals surface area contributed by atoms with Crippen molar-refractivity contribution in [3.8, 4) is 0 Å². The lowest BCUT2D eigenvalue weighted by Gasteiger charge is -2.29. The van der Waals surface area contributed by atoms with Crippen LogP contribution in [0.3, 0.4) is 0 Å². The van der Waals surface area contributed by atoms with Gasteiger partial charge in [-0.25, -0.2) is 0 Å². The molecule has 33 heavy (non-hydrogen) atoms. The number of fused-ring (bicyclic) bond motifs is 1. The van der Waals surface area contributed by atoms with Crippen molar-refractivity contribution in [2.45, 2.75) is 18.9 Å². The maximum Gasteiger partial charge on any atom is 0.269 e. The van der Waals surface area contributed by atoms with Gasteiger partial charge in [-0.3, -0.25) is 14.6 Å². The summed E-state index contributed by atoms with van der Waals surface area (Å²) in [6.07, 6.45) is 4.92. The summed E-state index contributed by atoms with van der Waals surface area (Å²) in [5, 5.41) is 4.04. The molecule has 6 nitrogen and oxygen atoms in total. The number of hydrogen-bond donors (Lipinski definition) is 1. The van der Waals surface area contributed by atoms with Crippen LogP contribution in [0.15, 0.2) is 85.2 Å². The normalized spacial score (nSPS) is 11.8. The minimum absolute atomic E-state index is 0.0323. The number of nitrogens with zero attached hydrogens (tertiary/aromatic N) is 3. The van der Waals surface area contributed by atoms with E-state index >= 15 is 0 Å². The van der Waals surface area contributed by atoms with Gasteiger partial charge < -0.3 is 14.8 Å². The third-order valence-electron chi connectivity index (χ3n) is 5.98. The standard InChI is InChI=1S/C27H28N4O2/c1-30-17-14-21-11-12-22(19-25(21)30)27(33)31(2)23(18-20-8-4-3-5-9-20)13-16-29-26(32)24-10-6-7-15-28-24/h3-12,14-15,17,19,23H,13,16,18H2,1-2H3,(H,29,32). The molecular formula is C27H28N4O2. The molecule has 0 spiro atoms. The molecule has 2 amide bonds. The maximum absolute atomic E-state index is 13.4. The number of amides is 2. The third kappa shape index (κ3) is 5.29. The van der Waals surface area contributed by atoms with Crippen molar-refractivity contribution in [2.75, 3.05) is 13.6 Å². The van der Waals surface area contributed by atoms with Gasteiger partial charge in [-0.1, -0.05) is 42.5 Å². The topological polar surface area (TPSA) is 67.2 Å². The summed E-state index contributed by atoms with van der Waals surface area (Å²) in [4.78, 5) is 31.7. The molecule has 4 rings (SSSR count). The van der Waals surface area contributed by atoms with E-state index in [0.717, 1.165) is 16.5 Å². The Kier molecular flexibility index (Phi) is 6.83. The van der Waals surface area contributed by atoms with Crippen LogP contribution in [-0.4, -0.2) is 45.9 Å². The van der Waals surface area contributed by atoms with Crippen LogP contribution in [0.2, 0.25) is 0 Å². The number of aryl methyl sites for hydroxylation is 1. The molecule has 0 aliphatic heterocycles. The van der Waals surface area contributed by atoms with Gasteiger partial charge in [-0.2, -0.15) is 0 Å². The lowest BCUT2D eigenvalue weighted by molar-refractivity contribution is 0.0723. The second kappa shape index (κ2) is 10.1. The summed E-state index contributed by atoms with van der Waals surface area (Å²) in [7, 11) is 3.81. The van der Waals surface area contributed by atoms with Crippen LogP contribution >= 0.6 is 0 Å². The van der Waals surface area contributed by atoms with Gasteiger partial charge >= 0.3 is 0 Å². The second-order valence-electron chi connectivity index (χ2n) is 8.22. The Hall–Kier alpha value is -3.93. The molecule has 0 fully saturated rings. The van der Waals surface area contributed by atoms with Crippen molar-refractivity contribution in [3.63, 3.8) is 0 Å². The van der Waals surface area contributed by atoms with Gasteiger partial charge in [0.25, 0.3) is 11.8 Å². The van der Waals surface area contributed by atoms with Crippen LogP contribution in [0.5, 0.6) is 0 Å². The number of carbonyl (C=O) groups is 2. The molecule has 1 atom stereocenters. The zero-order chi connectivity index (χ0) is 23.2. The van der Waals surface area contributed by atoms with E-state index in [9.17, 15) is 9.59 Å². The average molecular weight is 441 g/mol. The van der Waals surface area contributed by atoms with Crippen LogP contribution in [0, 0.1) is 0 Å². The molecule has 1 N–H and O–H groups in total. The highest BCUT2D eigenvalue weighted by Crippen LogP contribution is 2.20. The lowest BCUT2D eigenvalue weighted by Crippen LogP contribution is -2.41. The van der Waals surface area contributed by atoms with E-state index in [-0.39, 0.29) is 17.9 Å². The number of pyridine rings is 1. The van der Waals surface area contributed by atoms with E-state index < -0.39 is 0 Å². The number of likely N-dealkylation sites (N-methyl/N-ethyl adjacent to an activating group) is 1. The Morgan fingerprint density at radius 2 is 1.82 bits per heavy atom. The molecular weight excluding hydrogens is 412 g/mol. The van der Waals surface area contributed by atoms with E-state index in [0.29, 0.717) is 30.6 Å². The molecule has 2 aromatic heterocycles. The van der Waals surface area contributed by atoms with Gasteiger partial charge in [0.05, 0.1) is 0 Å². The predicted molar refractivity (Wildman–Crippen MR) is 130 cm³/mol. The highest BCUT2D eigenvalue weighted by Gasteiger charge is 2.22. The fourth-order valence-electron chi connectivity index (χ4n) is 4.02. The Morgan fingerprint density at radius 1 is 1.03 bits per heavy atom. The number of hydrogen-bond acceptors (Lipinski definition) is 3. The smallest absolute Gasteiger partial charge is 0.269 e. The monoisotopic (exact) mass is 440 g/mol. The van der Waals surface area contributed by atoms with Crippen LogP contribution in [0.25, 0.3) is 10.9 Å². The zero-order valence-electron chi connectivity index (χ0n) is 18.9. The van der Waals surface area contributed by atoms with Crippen molar-refractivity contribution >= 4 is 22.7 Å². The largest absolute Gasteiger partial charge is 0.351 e. The molecule has 2 aromatic carbocycles. The van der Waals surface area contributed by atoms with Gasteiger partial charge in [0.2, 0.25) is 0 Å². The van der Waals surface area contributed by atoms with Crippen LogP contribution in [-0.2, 0) is 13.5 Å². The van der Waals surface area contributed by atoms with Gasteiger partial charge in [-0.15, -0.1) is 0 Å². The quantitative estimate of drug-likeness (QED) is 0.449. The first-order valence-corrected chi connectivity index (χ1v) is 11.1. The first-order valence-electron chi connectivity index (χ1n) is 11.1. The van der Waals surface area contributed by atoms with Gasteiger partial charge in [0.15, 0.2) is 0 Å². The Balaban J connectivity index is 1.49. The number of carbonyl (C=O) groups excluding carboxylic acids is 2. The van der Waals surface area contributed by atoms with Crippen LogP contribution in [0.4, 0.5) is 0 Å². The molecule has 0 saturated heterocycles. The Labute approximate surface area is 193 Å². The molecule has 168 valence electrons. The molecule has 0 bridgehead atoms. The van der Waals surface area contributed by atoms with E-state index in [1.54, 1.807) is 29.3 Å². The summed E-state index contributed by atoms with van der Waals surface area (Å²) in [6, 6.07) is 23.1. The van der Waals surface area contributed by atoms with Crippen LogP contribution < -0.4 is 5.32 Å². The Bertz CT molecular complexity index is 1230. The highest BCUT2D eigenvalue weighted by molar-refractivity contribution is 5.98. The molecule has 0 saturated carbocycles. The average Bonchev–Trinajstić information content (AvgIpc) is 3.23. The lowest BCUT2D eigenvalue weighted by atomic mass is 10.0. The summed E-state index contributed by atoms with van der Waals surface area (Å²) >= 11 is 0. The zero-order valence-corrected chi connectivity index (χ0v) is 18.9. The summed E-state index contributed by atoms with van der Waals surface area (Å²) in [5.74, 6) is -0.243. The van der Waals surface area contributed by atoms with E-state index in [2.05, 4.69) is 22.4 Å². The molecule has 1 unspecified atom stereocenters. The first kappa shape index (κ1) is 22.3. The Morgan fingerprint density at radius 3 is 2.58 bits per heavy atom. The van der Waals surface area contributed by atoms with Crippen molar-refractivity contribution in [1.82, 2.24) is 19.8 Å². The molecule has 0 aliphatic carbocycles. The second-order valence-corrected chi connectivity index (χ2v) is 8.22. The minimum atomic E-state index is -0.211. The SMILES string of the molecule is CN(C(=O)c1ccc2ccn(C)c2c1)C(CCNC(=O)c1ccccn1)Cc1ccccc1. The van der Waals surface area contributed by atoms with Crippen LogP contribution in [0.1, 0.15) is 32.8 Å². The van der Waals surface area contributed by atoms with E-state index in [4.69, 9.17) is 0 Å². The molecule has 0 aliphatic rings. The fourth-order valence-corrected chi connectivity index (χ4v) is 4.02. The number of aromatic nitrogens is 2. The number of rotatable bonds is 8. The van der Waals surface area contributed by atoms with Gasteiger partial charge in [0, 0.05) is 50.2 Å². The fraction of sp³-hybridized carbons (Fsp3) is 0.222. The predicted octanol–water partition coefficient (Wildman–Crippen LogP) is 4.08. The number of benzene rings is 2. The molecule has 0 radical (unpaired) electrons. The first-order chi connectivity index (χ1) is 16.0. The van der Waals surface area contributed by atoms with E-state index in [1.165, 1.54) is 0 Å². The minimum Gasteiger partial charge on any atom is -0.351 e. The summed E-state index contributed by atoms with van der Waals surface area (Å²) in [5.41, 5.74) is 3.22. The van der Waals surface area contributed by atoms with Crippen molar-refractivity contribution < 1.29 is 9.59 Å². The van der Waals surface area contributed by atoms with Gasteiger partial charge in [-0.05, 0) is 54.1 Å². The molecule has 4 aromatic rings. The number of nitrogens with one attached hydrogen (secondary N) is 1. The third-order valence-corrected chi connectivity index (χ3v) is 5.98. The molecule has 6 heteroatoms. The van der Waals surface area contributed by atoms with Crippen molar-refractivity contribution in [1.29, 1.82) is 0 Å². The van der Waals surface area contributed by atoms with Crippen molar-refractivity contribution in [3.05, 3.63) is 102 Å². The van der Waals surface area contributed by atoms with Crippen molar-refractivity contribution in [2.24, 2.45) is 7.05 Å². The summed E-state index contributed by atoms with van der Waals surface area (Å²) in [6.45, 7) is 0.446. The summed E-state index contributed by atoms with van der Waals surface area (Å²) < 4.78 is 2.01. The maximum atomic E-state index is 13.4.